The van der Waals surface area contributed by atoms with Crippen LogP contribution in [0.4, 0.5) is 10.1 Å². The molecule has 1 saturated heterocycles. The lowest BCUT2D eigenvalue weighted by molar-refractivity contribution is 0.584. The standard InChI is InChI=1S/C8H9FN2OS/c9-8-3-2-7(6-10-8)11-13(12)4-1-5-13/h2-3,6H,1,4-5H2. The van der Waals surface area contributed by atoms with E-state index in [1.165, 1.54) is 18.3 Å². The Balaban J connectivity index is 2.32. The monoisotopic (exact) mass is 200 g/mol. The van der Waals surface area contributed by atoms with Crippen molar-refractivity contribution in [3.63, 3.8) is 0 Å². The van der Waals surface area contributed by atoms with Gasteiger partial charge in [0.2, 0.25) is 5.95 Å². The molecule has 0 saturated carbocycles. The van der Waals surface area contributed by atoms with E-state index < -0.39 is 15.7 Å². The molecule has 5 heteroatoms. The van der Waals surface area contributed by atoms with Crippen molar-refractivity contribution in [3.05, 3.63) is 24.3 Å². The third-order valence-electron chi connectivity index (χ3n) is 1.91. The first-order valence-corrected chi connectivity index (χ1v) is 5.87. The number of rotatable bonds is 1. The van der Waals surface area contributed by atoms with Gasteiger partial charge in [0.1, 0.15) is 0 Å². The van der Waals surface area contributed by atoms with Crippen LogP contribution in [0.3, 0.4) is 0 Å². The van der Waals surface area contributed by atoms with Gasteiger partial charge < -0.3 is 0 Å². The van der Waals surface area contributed by atoms with Crippen LogP contribution in [0, 0.1) is 5.95 Å². The molecule has 1 aromatic heterocycles. The number of nitrogens with zero attached hydrogens (tertiary/aromatic N) is 2. The van der Waals surface area contributed by atoms with Crippen molar-refractivity contribution >= 4 is 15.4 Å². The summed E-state index contributed by atoms with van der Waals surface area (Å²) in [5.41, 5.74) is 0.506. The van der Waals surface area contributed by atoms with E-state index in [1.807, 2.05) is 0 Å². The molecular formula is C8H9FN2OS. The molecule has 0 spiro atoms. The predicted molar refractivity (Wildman–Crippen MR) is 48.8 cm³/mol. The molecule has 1 aromatic rings. The van der Waals surface area contributed by atoms with Gasteiger partial charge in [0.15, 0.2) is 0 Å². The molecular weight excluding hydrogens is 191 g/mol. The maximum atomic E-state index is 12.4. The smallest absolute Gasteiger partial charge is 0.212 e. The maximum absolute atomic E-state index is 12.4. The zero-order valence-corrected chi connectivity index (χ0v) is 7.76. The molecule has 70 valence electrons. The zero-order valence-electron chi connectivity index (χ0n) is 6.94. The van der Waals surface area contributed by atoms with Crippen LogP contribution in [-0.4, -0.2) is 20.7 Å². The van der Waals surface area contributed by atoms with Gasteiger partial charge in [-0.25, -0.2) is 9.19 Å². The average Bonchev–Trinajstić information content (AvgIpc) is 2.06. The van der Waals surface area contributed by atoms with E-state index >= 15 is 0 Å². The molecule has 0 atom stereocenters. The van der Waals surface area contributed by atoms with Gasteiger partial charge in [-0.3, -0.25) is 0 Å². The minimum Gasteiger partial charge on any atom is -0.249 e. The van der Waals surface area contributed by atoms with Crippen LogP contribution in [0.25, 0.3) is 0 Å². The van der Waals surface area contributed by atoms with Gasteiger partial charge in [0.25, 0.3) is 0 Å². The van der Waals surface area contributed by atoms with Crippen molar-refractivity contribution in [2.45, 2.75) is 6.42 Å². The SMILES string of the molecule is O=S1(=Nc2ccc(F)nc2)CCC1. The summed E-state index contributed by atoms with van der Waals surface area (Å²) in [6.07, 6.45) is 2.28. The highest BCUT2D eigenvalue weighted by Crippen LogP contribution is 2.20. The van der Waals surface area contributed by atoms with Crippen LogP contribution in [0.5, 0.6) is 0 Å². The number of halogens is 1. The highest BCUT2D eigenvalue weighted by molar-refractivity contribution is 7.95. The molecule has 1 fully saturated rings. The Hall–Kier alpha value is -0.970. The third kappa shape index (κ3) is 1.85. The van der Waals surface area contributed by atoms with Crippen LogP contribution in [0.15, 0.2) is 22.7 Å². The molecule has 13 heavy (non-hydrogen) atoms. The first-order valence-electron chi connectivity index (χ1n) is 4.02. The zero-order chi connectivity index (χ0) is 9.31. The van der Waals surface area contributed by atoms with Gasteiger partial charge in [-0.1, -0.05) is 0 Å². The minimum atomic E-state index is -1.99. The second kappa shape index (κ2) is 3.06. The lowest BCUT2D eigenvalue weighted by Crippen LogP contribution is -2.22. The summed E-state index contributed by atoms with van der Waals surface area (Å²) in [5.74, 6) is 0.775. The van der Waals surface area contributed by atoms with Crippen LogP contribution in [0.1, 0.15) is 6.42 Å². The van der Waals surface area contributed by atoms with Crippen molar-refractivity contribution in [3.8, 4) is 0 Å². The molecule has 0 unspecified atom stereocenters. The summed E-state index contributed by atoms with van der Waals surface area (Å²) in [7, 11) is -1.99. The van der Waals surface area contributed by atoms with Gasteiger partial charge >= 0.3 is 0 Å². The second-order valence-corrected chi connectivity index (χ2v) is 5.51. The highest BCUT2D eigenvalue weighted by atomic mass is 32.2. The van der Waals surface area contributed by atoms with E-state index in [1.54, 1.807) is 0 Å². The first-order chi connectivity index (χ1) is 6.18. The van der Waals surface area contributed by atoms with Crippen molar-refractivity contribution in [1.82, 2.24) is 4.98 Å². The summed E-state index contributed by atoms with van der Waals surface area (Å²) in [6.45, 7) is 0. The number of hydrogen-bond acceptors (Lipinski definition) is 3. The number of pyridine rings is 1. The second-order valence-electron chi connectivity index (χ2n) is 2.96. The molecule has 2 rings (SSSR count). The summed E-state index contributed by atoms with van der Waals surface area (Å²) >= 11 is 0. The molecule has 3 nitrogen and oxygen atoms in total. The first kappa shape index (κ1) is 8.62. The Kier molecular flexibility index (Phi) is 2.03. The molecule has 1 aliphatic heterocycles. The van der Waals surface area contributed by atoms with E-state index in [-0.39, 0.29) is 0 Å². The quantitative estimate of drug-likeness (QED) is 0.648. The maximum Gasteiger partial charge on any atom is 0.212 e. The van der Waals surface area contributed by atoms with Crippen LogP contribution < -0.4 is 0 Å². The van der Waals surface area contributed by atoms with Crippen LogP contribution in [0.2, 0.25) is 0 Å². The van der Waals surface area contributed by atoms with Gasteiger partial charge in [-0.05, 0) is 18.6 Å². The fourth-order valence-electron chi connectivity index (χ4n) is 1.10. The molecule has 2 heterocycles. The summed E-state index contributed by atoms with van der Waals surface area (Å²) in [6, 6.07) is 2.72. The molecule has 1 aliphatic rings. The molecule has 0 aliphatic carbocycles. The predicted octanol–water partition coefficient (Wildman–Crippen LogP) is 1.72. The molecule has 0 amide bonds. The Labute approximate surface area is 76.2 Å². The van der Waals surface area contributed by atoms with E-state index in [0.717, 1.165) is 6.42 Å². The number of aromatic nitrogens is 1. The van der Waals surface area contributed by atoms with E-state index in [0.29, 0.717) is 17.2 Å². The van der Waals surface area contributed by atoms with Crippen LogP contribution in [-0.2, 0) is 9.73 Å². The molecule has 0 bridgehead atoms. The van der Waals surface area contributed by atoms with Gasteiger partial charge in [0, 0.05) is 11.5 Å². The summed E-state index contributed by atoms with van der Waals surface area (Å²) in [4.78, 5) is 3.44. The fourth-order valence-corrected chi connectivity index (χ4v) is 2.55. The third-order valence-corrected chi connectivity index (χ3v) is 4.31. The van der Waals surface area contributed by atoms with Gasteiger partial charge in [0.05, 0.1) is 21.6 Å². The van der Waals surface area contributed by atoms with Crippen molar-refractivity contribution < 1.29 is 8.60 Å². The van der Waals surface area contributed by atoms with Crippen molar-refractivity contribution in [2.24, 2.45) is 4.36 Å². The van der Waals surface area contributed by atoms with E-state index in [9.17, 15) is 8.60 Å². The normalized spacial score (nSPS) is 19.2. The summed E-state index contributed by atoms with van der Waals surface area (Å²) in [5, 5.41) is 0. The van der Waals surface area contributed by atoms with Gasteiger partial charge in [-0.2, -0.15) is 8.75 Å². The van der Waals surface area contributed by atoms with Gasteiger partial charge in [-0.15, -0.1) is 0 Å². The highest BCUT2D eigenvalue weighted by Gasteiger charge is 2.18. The van der Waals surface area contributed by atoms with E-state index in [4.69, 9.17) is 0 Å². The molecule has 0 radical (unpaired) electrons. The topological polar surface area (TPSA) is 42.3 Å². The fraction of sp³-hybridized carbons (Fsp3) is 0.375. The summed E-state index contributed by atoms with van der Waals surface area (Å²) < 4.78 is 28.0. The Morgan fingerprint density at radius 3 is 2.69 bits per heavy atom. The average molecular weight is 200 g/mol. The van der Waals surface area contributed by atoms with E-state index in [2.05, 4.69) is 9.35 Å². The molecule has 0 aromatic carbocycles. The van der Waals surface area contributed by atoms with Crippen molar-refractivity contribution in [1.29, 1.82) is 0 Å². The Morgan fingerprint density at radius 1 is 1.46 bits per heavy atom. The number of hydrogen-bond donors (Lipinski definition) is 0. The van der Waals surface area contributed by atoms with Crippen molar-refractivity contribution in [2.75, 3.05) is 11.5 Å². The lowest BCUT2D eigenvalue weighted by atomic mass is 10.4. The van der Waals surface area contributed by atoms with Crippen LogP contribution >= 0.6 is 0 Å². The lowest BCUT2D eigenvalue weighted by Gasteiger charge is -2.17. The minimum absolute atomic E-state index is 0.506. The Bertz CT molecular complexity index is 410. The largest absolute Gasteiger partial charge is 0.249 e. The molecule has 0 N–H and O–H groups in total. The Morgan fingerprint density at radius 2 is 2.23 bits per heavy atom.